The van der Waals surface area contributed by atoms with Crippen LogP contribution in [0.4, 0.5) is 0 Å². The Morgan fingerprint density at radius 3 is 2.04 bits per heavy atom. The number of nitrogens with zero attached hydrogens (tertiary/aromatic N) is 2. The number of hydrogen-bond acceptors (Lipinski definition) is 5. The summed E-state index contributed by atoms with van der Waals surface area (Å²) in [4.78, 5) is 56.4. The molecule has 0 fully saturated rings. The fourth-order valence-electron chi connectivity index (χ4n) is 5.53. The lowest BCUT2D eigenvalue weighted by atomic mass is 9.87. The highest BCUT2D eigenvalue weighted by Gasteiger charge is 2.35. The Labute approximate surface area is 274 Å². The zero-order chi connectivity index (χ0) is 34.1. The first-order chi connectivity index (χ1) is 21.6. The fraction of sp³-hybridized carbons (Fsp3) is 0.421. The molecular formula is C38H50N4O4. The molecule has 8 heteroatoms. The minimum atomic E-state index is -0.880. The number of likely N-dealkylation sites (N-methyl/N-ethyl adjacent to an activating group) is 2. The number of Topliss-reactive ketones (excluding diaryl/α,β-unsaturated/α-hetero) is 1. The number of rotatable bonds is 15. The van der Waals surface area contributed by atoms with Gasteiger partial charge in [-0.1, -0.05) is 92.7 Å². The fourth-order valence-corrected chi connectivity index (χ4v) is 5.53. The molecule has 0 radical (unpaired) electrons. The second-order valence-corrected chi connectivity index (χ2v) is 13.9. The summed E-state index contributed by atoms with van der Waals surface area (Å²) >= 11 is 0. The summed E-state index contributed by atoms with van der Waals surface area (Å²) in [6, 6.07) is 21.8. The molecule has 0 bridgehead atoms. The quantitative estimate of drug-likeness (QED) is 0.229. The molecule has 0 heterocycles. The summed E-state index contributed by atoms with van der Waals surface area (Å²) in [5, 5.41) is 5.11. The molecular weight excluding hydrogens is 576 g/mol. The van der Waals surface area contributed by atoms with Gasteiger partial charge in [0.1, 0.15) is 17.9 Å². The molecule has 2 atom stereocenters. The highest BCUT2D eigenvalue weighted by molar-refractivity contribution is 5.95. The van der Waals surface area contributed by atoms with Crippen LogP contribution < -0.4 is 11.1 Å². The van der Waals surface area contributed by atoms with Crippen LogP contribution in [0, 0.1) is 5.41 Å². The van der Waals surface area contributed by atoms with E-state index in [9.17, 15) is 19.2 Å². The third kappa shape index (κ3) is 10.9. The zero-order valence-corrected chi connectivity index (χ0v) is 28.4. The molecule has 3 aromatic carbocycles. The Bertz CT molecular complexity index is 1540. The van der Waals surface area contributed by atoms with Crippen molar-refractivity contribution in [3.8, 4) is 0 Å². The van der Waals surface area contributed by atoms with Gasteiger partial charge in [0.05, 0.1) is 0 Å². The van der Waals surface area contributed by atoms with Crippen molar-refractivity contribution in [3.63, 3.8) is 0 Å². The number of carbonyl (C=O) groups excluding carboxylic acids is 4. The molecule has 0 unspecified atom stereocenters. The average Bonchev–Trinajstić information content (AvgIpc) is 2.99. The minimum Gasteiger partial charge on any atom is -0.354 e. The molecule has 0 spiro atoms. The summed E-state index contributed by atoms with van der Waals surface area (Å²) < 4.78 is 0. The van der Waals surface area contributed by atoms with Crippen LogP contribution in [-0.4, -0.2) is 71.6 Å². The van der Waals surface area contributed by atoms with Gasteiger partial charge < -0.3 is 25.6 Å². The second kappa shape index (κ2) is 15.8. The Hall–Kier alpha value is -4.30. The predicted octanol–water partition coefficient (Wildman–Crippen LogP) is 5.08. The number of nitrogens with one attached hydrogen (secondary N) is 1. The Morgan fingerprint density at radius 2 is 1.41 bits per heavy atom. The third-order valence-electron chi connectivity index (χ3n) is 8.11. The number of benzene rings is 3. The number of hydrogen-bond donors (Lipinski definition) is 2. The summed E-state index contributed by atoms with van der Waals surface area (Å²) in [7, 11) is 3.24. The van der Waals surface area contributed by atoms with Gasteiger partial charge >= 0.3 is 0 Å². The van der Waals surface area contributed by atoms with Gasteiger partial charge in [0, 0.05) is 45.4 Å². The van der Waals surface area contributed by atoms with E-state index in [2.05, 4.69) is 5.32 Å². The van der Waals surface area contributed by atoms with Gasteiger partial charge in [-0.25, -0.2) is 0 Å². The van der Waals surface area contributed by atoms with Crippen molar-refractivity contribution in [1.82, 2.24) is 15.1 Å². The Balaban J connectivity index is 1.95. The number of amides is 3. The minimum absolute atomic E-state index is 0.0423. The van der Waals surface area contributed by atoms with Crippen molar-refractivity contribution in [1.29, 1.82) is 0 Å². The molecule has 3 aromatic rings. The van der Waals surface area contributed by atoms with E-state index in [0.717, 1.165) is 21.9 Å². The third-order valence-corrected chi connectivity index (χ3v) is 8.11. The number of nitrogens with two attached hydrogens (primary N) is 1. The van der Waals surface area contributed by atoms with E-state index in [1.54, 1.807) is 20.2 Å². The first-order valence-electron chi connectivity index (χ1n) is 15.8. The maximum Gasteiger partial charge on any atom is 0.246 e. The molecule has 3 N–H and O–H groups in total. The molecule has 0 aliphatic rings. The monoisotopic (exact) mass is 626 g/mol. The van der Waals surface area contributed by atoms with Crippen LogP contribution in [0.2, 0.25) is 0 Å². The van der Waals surface area contributed by atoms with Crippen LogP contribution in [0.5, 0.6) is 0 Å². The standard InChI is InChI=1S/C38H50N4O4/c1-27(43)25-37(2,3)26-40-35(45)32(23-28-14-9-8-10-15-28)42(7)36(46)33(41(6)34(44)18-13-21-38(4,5)39)24-29-19-20-30-16-11-12-17-31(30)22-29/h8-20,22,32-33H,21,23-26,39H2,1-7H3,(H,40,45)/b18-13+/t32-,33-/m1/s1. The van der Waals surface area contributed by atoms with Gasteiger partial charge in [-0.15, -0.1) is 0 Å². The molecule has 0 saturated carbocycles. The second-order valence-electron chi connectivity index (χ2n) is 13.9. The molecule has 0 aromatic heterocycles. The topological polar surface area (TPSA) is 113 Å². The summed E-state index contributed by atoms with van der Waals surface area (Å²) in [5.74, 6) is -0.956. The lowest BCUT2D eigenvalue weighted by Crippen LogP contribution is -2.56. The van der Waals surface area contributed by atoms with Crippen LogP contribution in [-0.2, 0) is 32.0 Å². The SMILES string of the molecule is CC(=O)CC(C)(C)CNC(=O)[C@@H](Cc1ccccc1)N(C)C(=O)[C@@H](Cc1ccc2ccccc2c1)N(C)C(=O)/C=C/CC(C)(C)N. The highest BCUT2D eigenvalue weighted by atomic mass is 16.2. The highest BCUT2D eigenvalue weighted by Crippen LogP contribution is 2.22. The molecule has 246 valence electrons. The van der Waals surface area contributed by atoms with E-state index in [1.165, 1.54) is 22.8 Å². The first kappa shape index (κ1) is 36.2. The van der Waals surface area contributed by atoms with Crippen LogP contribution >= 0.6 is 0 Å². The number of carbonyl (C=O) groups is 4. The van der Waals surface area contributed by atoms with E-state index < -0.39 is 23.0 Å². The molecule has 46 heavy (non-hydrogen) atoms. The van der Waals surface area contributed by atoms with Crippen molar-refractivity contribution in [2.75, 3.05) is 20.6 Å². The maximum absolute atomic E-state index is 14.4. The normalized spacial score (nSPS) is 13.3. The van der Waals surface area contributed by atoms with Gasteiger partial charge in [0.15, 0.2) is 0 Å². The smallest absolute Gasteiger partial charge is 0.246 e. The van der Waals surface area contributed by atoms with E-state index in [-0.39, 0.29) is 42.9 Å². The molecule has 3 amide bonds. The van der Waals surface area contributed by atoms with Crippen LogP contribution in [0.25, 0.3) is 10.8 Å². The van der Waals surface area contributed by atoms with E-state index >= 15 is 0 Å². The summed E-state index contributed by atoms with van der Waals surface area (Å²) in [5.41, 5.74) is 6.97. The molecule has 3 rings (SSSR count). The summed E-state index contributed by atoms with van der Waals surface area (Å²) in [6.07, 6.45) is 4.55. The van der Waals surface area contributed by atoms with Gasteiger partial charge in [-0.05, 0) is 60.6 Å². The van der Waals surface area contributed by atoms with Crippen molar-refractivity contribution >= 4 is 34.3 Å². The van der Waals surface area contributed by atoms with Crippen molar-refractivity contribution in [2.45, 2.75) is 77.9 Å². The zero-order valence-electron chi connectivity index (χ0n) is 28.4. The maximum atomic E-state index is 14.4. The number of fused-ring (bicyclic) bond motifs is 1. The predicted molar refractivity (Wildman–Crippen MR) is 185 cm³/mol. The van der Waals surface area contributed by atoms with Gasteiger partial charge in [0.25, 0.3) is 0 Å². The molecule has 0 saturated heterocycles. The van der Waals surface area contributed by atoms with Crippen LogP contribution in [0.1, 0.15) is 58.6 Å². The van der Waals surface area contributed by atoms with Crippen molar-refractivity contribution < 1.29 is 19.2 Å². The van der Waals surface area contributed by atoms with Gasteiger partial charge in [0.2, 0.25) is 17.7 Å². The Kier molecular flexibility index (Phi) is 12.4. The first-order valence-corrected chi connectivity index (χ1v) is 15.8. The average molecular weight is 627 g/mol. The van der Waals surface area contributed by atoms with E-state index in [1.807, 2.05) is 100 Å². The lowest BCUT2D eigenvalue weighted by molar-refractivity contribution is -0.146. The van der Waals surface area contributed by atoms with Crippen LogP contribution in [0.3, 0.4) is 0 Å². The number of ketones is 1. The van der Waals surface area contributed by atoms with E-state index in [4.69, 9.17) is 5.73 Å². The van der Waals surface area contributed by atoms with Crippen molar-refractivity contribution in [3.05, 3.63) is 96.1 Å². The van der Waals surface area contributed by atoms with Gasteiger partial charge in [-0.2, -0.15) is 0 Å². The van der Waals surface area contributed by atoms with Crippen LogP contribution in [0.15, 0.2) is 84.9 Å². The molecule has 8 nitrogen and oxygen atoms in total. The summed E-state index contributed by atoms with van der Waals surface area (Å²) in [6.45, 7) is 9.43. The van der Waals surface area contributed by atoms with E-state index in [0.29, 0.717) is 12.8 Å². The molecule has 0 aliphatic heterocycles. The largest absolute Gasteiger partial charge is 0.354 e. The lowest BCUT2D eigenvalue weighted by Gasteiger charge is -2.35. The van der Waals surface area contributed by atoms with Crippen molar-refractivity contribution in [2.24, 2.45) is 11.1 Å². The van der Waals surface area contributed by atoms with Gasteiger partial charge in [-0.3, -0.25) is 14.4 Å². The Morgan fingerprint density at radius 1 is 0.804 bits per heavy atom. The molecule has 0 aliphatic carbocycles.